The van der Waals surface area contributed by atoms with Crippen LogP contribution in [-0.4, -0.2) is 60.9 Å². The molecule has 0 aliphatic carbocycles. The van der Waals surface area contributed by atoms with Crippen LogP contribution < -0.4 is 10.1 Å². The lowest BCUT2D eigenvalue weighted by atomic mass is 10.0. The molecule has 134 valence electrons. The van der Waals surface area contributed by atoms with Gasteiger partial charge in [-0.05, 0) is 38.1 Å². The maximum absolute atomic E-state index is 5.77. The average molecular weight is 342 g/mol. The fourth-order valence-electron chi connectivity index (χ4n) is 3.87. The van der Waals surface area contributed by atoms with Gasteiger partial charge in [-0.3, -0.25) is 4.90 Å². The molecule has 6 nitrogen and oxygen atoms in total. The lowest BCUT2D eigenvalue weighted by Gasteiger charge is -2.41. The number of rotatable bonds is 4. The molecule has 0 unspecified atom stereocenters. The summed E-state index contributed by atoms with van der Waals surface area (Å²) in [5, 5.41) is 3.45. The van der Waals surface area contributed by atoms with Crippen LogP contribution in [0.4, 0.5) is 0 Å². The quantitative estimate of drug-likeness (QED) is 0.892. The van der Waals surface area contributed by atoms with Crippen LogP contribution in [-0.2, 0) is 4.74 Å². The molecule has 0 radical (unpaired) electrons. The normalized spacial score (nSPS) is 22.8. The number of hydrogen-bond acceptors (Lipinski definition) is 5. The third-order valence-corrected chi connectivity index (χ3v) is 5.24. The van der Waals surface area contributed by atoms with E-state index in [9.17, 15) is 0 Å². The Kier molecular flexibility index (Phi) is 5.01. The molecule has 2 aromatic rings. The smallest absolute Gasteiger partial charge is 0.126 e. The third-order valence-electron chi connectivity index (χ3n) is 5.24. The molecular weight excluding hydrogens is 316 g/mol. The van der Waals surface area contributed by atoms with E-state index in [4.69, 9.17) is 9.47 Å². The van der Waals surface area contributed by atoms with Crippen LogP contribution in [0.1, 0.15) is 24.7 Å². The Morgan fingerprint density at radius 1 is 1.28 bits per heavy atom. The lowest BCUT2D eigenvalue weighted by molar-refractivity contribution is -0.0387. The van der Waals surface area contributed by atoms with Crippen LogP contribution in [0.3, 0.4) is 0 Å². The molecule has 1 aromatic carbocycles. The molecule has 4 rings (SSSR count). The predicted molar refractivity (Wildman–Crippen MR) is 96.7 cm³/mol. The summed E-state index contributed by atoms with van der Waals surface area (Å²) in [4.78, 5) is 10.8. The molecule has 2 N–H and O–H groups in total. The van der Waals surface area contributed by atoms with Gasteiger partial charge in [0.15, 0.2) is 0 Å². The zero-order valence-electron chi connectivity index (χ0n) is 14.7. The van der Waals surface area contributed by atoms with E-state index in [0.29, 0.717) is 12.6 Å². The van der Waals surface area contributed by atoms with Gasteiger partial charge in [-0.2, -0.15) is 0 Å². The van der Waals surface area contributed by atoms with Gasteiger partial charge in [-0.15, -0.1) is 0 Å². The summed E-state index contributed by atoms with van der Waals surface area (Å²) in [6.45, 7) is 4.69. The molecule has 0 saturated carbocycles. The maximum atomic E-state index is 5.77. The van der Waals surface area contributed by atoms with E-state index in [0.717, 1.165) is 49.1 Å². The topological polar surface area (TPSA) is 62.4 Å². The minimum absolute atomic E-state index is 0.205. The first kappa shape index (κ1) is 16.6. The van der Waals surface area contributed by atoms with E-state index in [1.165, 1.54) is 12.8 Å². The molecule has 2 aliphatic rings. The molecule has 1 atom stereocenters. The Bertz CT molecular complexity index is 696. The number of morpholine rings is 1. The number of aromatic amines is 1. The summed E-state index contributed by atoms with van der Waals surface area (Å²) >= 11 is 0. The minimum atomic E-state index is 0.205. The molecule has 0 amide bonds. The van der Waals surface area contributed by atoms with Crippen molar-refractivity contribution in [2.24, 2.45) is 0 Å². The van der Waals surface area contributed by atoms with E-state index < -0.39 is 0 Å². The first-order chi connectivity index (χ1) is 12.3. The summed E-state index contributed by atoms with van der Waals surface area (Å²) in [5.41, 5.74) is 2.10. The number of methoxy groups -OCH3 is 1. The first-order valence-electron chi connectivity index (χ1n) is 9.08. The number of piperidine rings is 1. The number of H-pyrrole nitrogens is 1. The van der Waals surface area contributed by atoms with Gasteiger partial charge in [-0.1, -0.05) is 12.1 Å². The van der Waals surface area contributed by atoms with Gasteiger partial charge < -0.3 is 19.8 Å². The second-order valence-electron chi connectivity index (χ2n) is 6.72. The maximum Gasteiger partial charge on any atom is 0.126 e. The van der Waals surface area contributed by atoms with Crippen molar-refractivity contribution in [1.29, 1.82) is 0 Å². The van der Waals surface area contributed by atoms with Crippen LogP contribution >= 0.6 is 0 Å². The van der Waals surface area contributed by atoms with Gasteiger partial charge in [0.2, 0.25) is 0 Å². The van der Waals surface area contributed by atoms with Gasteiger partial charge in [0.1, 0.15) is 11.6 Å². The number of benzene rings is 1. The molecule has 3 heterocycles. The van der Waals surface area contributed by atoms with Gasteiger partial charge in [0, 0.05) is 18.2 Å². The molecular formula is C19H26N4O2. The van der Waals surface area contributed by atoms with E-state index in [-0.39, 0.29) is 6.04 Å². The Morgan fingerprint density at radius 2 is 2.16 bits per heavy atom. The highest BCUT2D eigenvalue weighted by Crippen LogP contribution is 2.29. The van der Waals surface area contributed by atoms with Crippen molar-refractivity contribution in [2.75, 3.05) is 40.0 Å². The highest BCUT2D eigenvalue weighted by Gasteiger charge is 2.32. The predicted octanol–water partition coefficient (Wildman–Crippen LogP) is 2.21. The highest BCUT2D eigenvalue weighted by molar-refractivity contribution is 5.60. The van der Waals surface area contributed by atoms with Gasteiger partial charge >= 0.3 is 0 Å². The number of nitrogens with one attached hydrogen (secondary N) is 2. The van der Waals surface area contributed by atoms with Gasteiger partial charge in [0.05, 0.1) is 38.3 Å². The van der Waals surface area contributed by atoms with Crippen molar-refractivity contribution in [3.63, 3.8) is 0 Å². The Hall–Kier alpha value is -1.89. The van der Waals surface area contributed by atoms with Crippen molar-refractivity contribution in [1.82, 2.24) is 20.2 Å². The molecule has 1 aromatic heterocycles. The summed E-state index contributed by atoms with van der Waals surface area (Å²) in [6, 6.07) is 8.87. The fourth-order valence-corrected chi connectivity index (χ4v) is 3.87. The standard InChI is InChI=1S/C19H26N4O2/c1-24-16-4-2-3-14(11-16)17-12-21-19(22-17)18-13-25-10-9-23(18)15-5-7-20-8-6-15/h2-4,11-12,15,18,20H,5-10,13H2,1H3,(H,21,22)/t18-/m0/s1. The van der Waals surface area contributed by atoms with Crippen LogP contribution in [0.15, 0.2) is 30.5 Å². The SMILES string of the molecule is COc1cccc(-c2cnc([C@@H]3COCCN3C3CCNCC3)[nH]2)c1. The Labute approximate surface area is 148 Å². The zero-order valence-corrected chi connectivity index (χ0v) is 14.7. The van der Waals surface area contributed by atoms with Crippen molar-refractivity contribution < 1.29 is 9.47 Å². The molecule has 0 spiro atoms. The number of nitrogens with zero attached hydrogens (tertiary/aromatic N) is 2. The fraction of sp³-hybridized carbons (Fsp3) is 0.526. The third kappa shape index (κ3) is 3.56. The summed E-state index contributed by atoms with van der Waals surface area (Å²) in [5.74, 6) is 1.85. The molecule has 25 heavy (non-hydrogen) atoms. The first-order valence-corrected chi connectivity index (χ1v) is 9.08. The number of hydrogen-bond donors (Lipinski definition) is 2. The summed E-state index contributed by atoms with van der Waals surface area (Å²) in [6.07, 6.45) is 4.30. The molecule has 6 heteroatoms. The van der Waals surface area contributed by atoms with E-state index >= 15 is 0 Å². The van der Waals surface area contributed by atoms with Crippen LogP contribution in [0.2, 0.25) is 0 Å². The van der Waals surface area contributed by atoms with Gasteiger partial charge in [-0.25, -0.2) is 4.98 Å². The van der Waals surface area contributed by atoms with E-state index in [1.807, 2.05) is 24.4 Å². The highest BCUT2D eigenvalue weighted by atomic mass is 16.5. The van der Waals surface area contributed by atoms with Crippen molar-refractivity contribution in [2.45, 2.75) is 24.9 Å². The van der Waals surface area contributed by atoms with Crippen molar-refractivity contribution >= 4 is 0 Å². The number of imidazole rings is 1. The van der Waals surface area contributed by atoms with E-state index in [1.54, 1.807) is 7.11 Å². The van der Waals surface area contributed by atoms with Crippen LogP contribution in [0.25, 0.3) is 11.3 Å². The zero-order chi connectivity index (χ0) is 17.1. The van der Waals surface area contributed by atoms with Crippen molar-refractivity contribution in [3.8, 4) is 17.0 Å². The summed E-state index contributed by atoms with van der Waals surface area (Å²) < 4.78 is 11.1. The lowest BCUT2D eigenvalue weighted by Crippen LogP contribution is -2.49. The Morgan fingerprint density at radius 3 is 3.00 bits per heavy atom. The second-order valence-corrected chi connectivity index (χ2v) is 6.72. The largest absolute Gasteiger partial charge is 0.497 e. The number of ether oxygens (including phenoxy) is 2. The monoisotopic (exact) mass is 342 g/mol. The average Bonchev–Trinajstić information content (AvgIpc) is 3.19. The molecule has 2 aliphatic heterocycles. The number of aromatic nitrogens is 2. The van der Waals surface area contributed by atoms with Crippen LogP contribution in [0.5, 0.6) is 5.75 Å². The van der Waals surface area contributed by atoms with Crippen molar-refractivity contribution in [3.05, 3.63) is 36.3 Å². The Balaban J connectivity index is 1.56. The molecule has 0 bridgehead atoms. The second kappa shape index (κ2) is 7.56. The molecule has 2 fully saturated rings. The van der Waals surface area contributed by atoms with Crippen LogP contribution in [0, 0.1) is 0 Å². The molecule has 2 saturated heterocycles. The summed E-state index contributed by atoms with van der Waals surface area (Å²) in [7, 11) is 1.69. The minimum Gasteiger partial charge on any atom is -0.497 e. The van der Waals surface area contributed by atoms with E-state index in [2.05, 4.69) is 26.3 Å². The van der Waals surface area contributed by atoms with Gasteiger partial charge in [0.25, 0.3) is 0 Å².